The quantitative estimate of drug-likeness (QED) is 0.244. The molecule has 0 atom stereocenters. The molecule has 0 bridgehead atoms. The van der Waals surface area contributed by atoms with E-state index in [1.807, 2.05) is 0 Å². The zero-order chi connectivity index (χ0) is 22.5. The fraction of sp³-hybridized carbons (Fsp3) is 0.520. The largest absolute Gasteiger partial charge is 1.00 e. The number of hydrogen-bond acceptors (Lipinski definition) is 4. The summed E-state index contributed by atoms with van der Waals surface area (Å²) < 4.78 is 37.8. The molecule has 0 saturated carbocycles. The van der Waals surface area contributed by atoms with Crippen LogP contribution in [0.2, 0.25) is 0 Å². The molecule has 0 saturated heterocycles. The summed E-state index contributed by atoms with van der Waals surface area (Å²) >= 11 is 0. The molecule has 0 fully saturated rings. The monoisotopic (exact) mass is 470 g/mol. The second-order valence-corrected chi connectivity index (χ2v) is 9.47. The van der Waals surface area contributed by atoms with Gasteiger partial charge in [0.1, 0.15) is 16.4 Å². The maximum Gasteiger partial charge on any atom is 1.00 e. The van der Waals surface area contributed by atoms with Gasteiger partial charge in [-0.05, 0) is 37.1 Å². The van der Waals surface area contributed by atoms with E-state index in [2.05, 4.69) is 6.92 Å². The molecule has 0 aliphatic rings. The molecule has 2 rings (SSSR count). The van der Waals surface area contributed by atoms with Gasteiger partial charge in [0, 0.05) is 0 Å². The van der Waals surface area contributed by atoms with E-state index in [1.165, 1.54) is 82.1 Å². The SMILES string of the molecule is CCCCCCCCCCCCCc1ccc(Oc2ccccc2S(=O)(=O)O)cc1[O-].[Na+]. The van der Waals surface area contributed by atoms with Gasteiger partial charge in [-0.15, -0.1) is 5.75 Å². The molecular weight excluding hydrogens is 435 g/mol. The minimum Gasteiger partial charge on any atom is -0.872 e. The summed E-state index contributed by atoms with van der Waals surface area (Å²) in [5, 5.41) is 12.4. The molecule has 2 aromatic rings. The number of aryl methyl sites for hydroxylation is 1. The van der Waals surface area contributed by atoms with Crippen molar-refractivity contribution < 1.29 is 52.4 Å². The minimum absolute atomic E-state index is 0. The fourth-order valence-corrected chi connectivity index (χ4v) is 4.27. The van der Waals surface area contributed by atoms with Crippen LogP contribution < -0.4 is 39.4 Å². The van der Waals surface area contributed by atoms with Crippen LogP contribution in [0, 0.1) is 0 Å². The predicted octanol–water partition coefficient (Wildman–Crippen LogP) is 3.66. The molecular formula is C25H35NaO5S. The van der Waals surface area contributed by atoms with Crippen LogP contribution in [0.15, 0.2) is 47.4 Å². The molecule has 2 aromatic carbocycles. The van der Waals surface area contributed by atoms with E-state index in [1.54, 1.807) is 18.2 Å². The summed E-state index contributed by atoms with van der Waals surface area (Å²) in [5.41, 5.74) is 0.742. The zero-order valence-electron chi connectivity index (χ0n) is 19.5. The molecule has 32 heavy (non-hydrogen) atoms. The Morgan fingerprint density at radius 1 is 0.844 bits per heavy atom. The van der Waals surface area contributed by atoms with E-state index in [4.69, 9.17) is 4.74 Å². The first-order valence-electron chi connectivity index (χ1n) is 11.5. The maximum absolute atomic E-state index is 12.4. The molecule has 0 spiro atoms. The Morgan fingerprint density at radius 2 is 1.41 bits per heavy atom. The Morgan fingerprint density at radius 3 is 1.97 bits per heavy atom. The molecule has 1 N–H and O–H groups in total. The van der Waals surface area contributed by atoms with Gasteiger partial charge in [-0.25, -0.2) is 0 Å². The fourth-order valence-electron chi connectivity index (χ4n) is 3.66. The summed E-state index contributed by atoms with van der Waals surface area (Å²) in [4.78, 5) is -0.326. The van der Waals surface area contributed by atoms with E-state index in [9.17, 15) is 18.1 Å². The second kappa shape index (κ2) is 15.7. The number of ether oxygens (including phenoxy) is 1. The molecule has 7 heteroatoms. The van der Waals surface area contributed by atoms with Crippen LogP contribution in [0.5, 0.6) is 17.2 Å². The van der Waals surface area contributed by atoms with Crippen molar-refractivity contribution in [3.63, 3.8) is 0 Å². The van der Waals surface area contributed by atoms with Gasteiger partial charge in [0.05, 0.1) is 0 Å². The zero-order valence-corrected chi connectivity index (χ0v) is 22.3. The Balaban J connectivity index is 0.00000512. The van der Waals surface area contributed by atoms with Crippen molar-refractivity contribution in [2.75, 3.05) is 0 Å². The van der Waals surface area contributed by atoms with Crippen molar-refractivity contribution in [3.05, 3.63) is 48.0 Å². The van der Waals surface area contributed by atoms with Crippen molar-refractivity contribution >= 4 is 10.1 Å². The van der Waals surface area contributed by atoms with Crippen molar-refractivity contribution in [3.8, 4) is 17.2 Å². The average Bonchev–Trinajstić information content (AvgIpc) is 2.73. The van der Waals surface area contributed by atoms with Crippen LogP contribution in [0.25, 0.3) is 0 Å². The molecule has 0 unspecified atom stereocenters. The summed E-state index contributed by atoms with van der Waals surface area (Å²) in [6.07, 6.45) is 14.7. The minimum atomic E-state index is -4.40. The van der Waals surface area contributed by atoms with Crippen LogP contribution in [0.4, 0.5) is 0 Å². The predicted molar refractivity (Wildman–Crippen MR) is 122 cm³/mol. The first-order valence-corrected chi connectivity index (χ1v) is 12.9. The topological polar surface area (TPSA) is 86.7 Å². The van der Waals surface area contributed by atoms with E-state index < -0.39 is 10.1 Å². The average molecular weight is 471 g/mol. The molecule has 0 aliphatic heterocycles. The Kier molecular flexibility index (Phi) is 14.2. The maximum atomic E-state index is 12.4. The van der Waals surface area contributed by atoms with Gasteiger partial charge in [0.25, 0.3) is 10.1 Å². The van der Waals surface area contributed by atoms with Crippen molar-refractivity contribution in [2.24, 2.45) is 0 Å². The normalized spacial score (nSPS) is 11.2. The van der Waals surface area contributed by atoms with Crippen molar-refractivity contribution in [1.29, 1.82) is 0 Å². The van der Waals surface area contributed by atoms with Gasteiger partial charge in [0.2, 0.25) is 0 Å². The van der Waals surface area contributed by atoms with Gasteiger partial charge in [-0.1, -0.05) is 94.9 Å². The Bertz CT molecular complexity index is 899. The van der Waals surface area contributed by atoms with Gasteiger partial charge in [-0.3, -0.25) is 4.55 Å². The summed E-state index contributed by atoms with van der Waals surface area (Å²) in [6.45, 7) is 2.24. The third-order valence-corrected chi connectivity index (χ3v) is 6.34. The van der Waals surface area contributed by atoms with E-state index in [0.29, 0.717) is 0 Å². The molecule has 5 nitrogen and oxygen atoms in total. The molecule has 0 radical (unpaired) electrons. The summed E-state index contributed by atoms with van der Waals surface area (Å²) in [6, 6.07) is 10.6. The Hall–Kier alpha value is -1.05. The number of para-hydroxylation sites is 1. The Labute approximate surface area is 215 Å². The third-order valence-electron chi connectivity index (χ3n) is 5.44. The molecule has 0 aromatic heterocycles. The van der Waals surface area contributed by atoms with Gasteiger partial charge >= 0.3 is 29.6 Å². The van der Waals surface area contributed by atoms with Crippen LogP contribution in [0.1, 0.15) is 83.1 Å². The van der Waals surface area contributed by atoms with Crippen LogP contribution in [0.3, 0.4) is 0 Å². The number of hydrogen-bond donors (Lipinski definition) is 1. The van der Waals surface area contributed by atoms with Crippen LogP contribution >= 0.6 is 0 Å². The summed E-state index contributed by atoms with van der Waals surface area (Å²) in [7, 11) is -4.40. The number of rotatable bonds is 15. The second-order valence-electron chi connectivity index (χ2n) is 8.08. The van der Waals surface area contributed by atoms with Gasteiger partial charge in [0.15, 0.2) is 0 Å². The van der Waals surface area contributed by atoms with Crippen LogP contribution in [-0.2, 0) is 16.5 Å². The molecule has 0 heterocycles. The van der Waals surface area contributed by atoms with Gasteiger partial charge < -0.3 is 9.84 Å². The van der Waals surface area contributed by atoms with Crippen LogP contribution in [-0.4, -0.2) is 13.0 Å². The first kappa shape index (κ1) is 29.0. The number of benzene rings is 2. The molecule has 172 valence electrons. The smallest absolute Gasteiger partial charge is 0.872 e. The van der Waals surface area contributed by atoms with Crippen molar-refractivity contribution in [1.82, 2.24) is 0 Å². The standard InChI is InChI=1S/C25H36O5S.Na/c1-2-3-4-5-6-7-8-9-10-11-12-15-21-18-19-22(20-23(21)26)30-24-16-13-14-17-25(24)31(27,28)29;/h13-14,16-20,26H,2-12,15H2,1H3,(H,27,28,29);/q;+1/p-1. The molecule has 0 amide bonds. The first-order chi connectivity index (χ1) is 14.9. The molecule has 0 aliphatic carbocycles. The van der Waals surface area contributed by atoms with Gasteiger partial charge in [-0.2, -0.15) is 8.42 Å². The van der Waals surface area contributed by atoms with E-state index in [0.717, 1.165) is 24.8 Å². The van der Waals surface area contributed by atoms with E-state index >= 15 is 0 Å². The van der Waals surface area contributed by atoms with E-state index in [-0.39, 0.29) is 51.7 Å². The van der Waals surface area contributed by atoms with Crippen molar-refractivity contribution in [2.45, 2.75) is 88.9 Å². The number of unbranched alkanes of at least 4 members (excludes halogenated alkanes) is 10. The summed E-state index contributed by atoms with van der Waals surface area (Å²) in [5.74, 6) is 0.125. The third kappa shape index (κ3) is 10.7.